The molecule has 0 spiro atoms. The highest BCUT2D eigenvalue weighted by molar-refractivity contribution is 5.93. The van der Waals surface area contributed by atoms with Gasteiger partial charge in [-0.2, -0.15) is 0 Å². The second-order valence-electron chi connectivity index (χ2n) is 6.42. The normalized spacial score (nSPS) is 10.4. The van der Waals surface area contributed by atoms with E-state index in [9.17, 15) is 9.59 Å². The first-order valence-corrected chi connectivity index (χ1v) is 8.71. The molecule has 2 aromatic carbocycles. The Bertz CT molecular complexity index is 995. The van der Waals surface area contributed by atoms with Crippen LogP contribution in [0.15, 0.2) is 48.7 Å². The van der Waals surface area contributed by atoms with Crippen molar-refractivity contribution in [3.63, 3.8) is 0 Å². The molecule has 3 aromatic rings. The van der Waals surface area contributed by atoms with Crippen LogP contribution in [0, 0.1) is 20.8 Å². The fraction of sp³-hybridized carbons (Fsp3) is 0.200. The maximum Gasteiger partial charge on any atom is 0.291 e. The molecule has 8 nitrogen and oxygen atoms in total. The molecule has 1 heterocycles. The van der Waals surface area contributed by atoms with Gasteiger partial charge in [-0.05, 0) is 56.2 Å². The molecular weight excluding hydrogens is 358 g/mol. The SMILES string of the molecule is Cc1ccc(-n2cc(C(=O)NNC(=O)COc3ccc(C)c(C)c3)nn2)cc1. The second kappa shape index (κ2) is 8.34. The zero-order valence-electron chi connectivity index (χ0n) is 15.9. The van der Waals surface area contributed by atoms with Crippen LogP contribution in [0.2, 0.25) is 0 Å². The molecule has 0 fully saturated rings. The Balaban J connectivity index is 1.50. The molecule has 28 heavy (non-hydrogen) atoms. The average Bonchev–Trinajstić information content (AvgIpc) is 3.18. The second-order valence-corrected chi connectivity index (χ2v) is 6.42. The summed E-state index contributed by atoms with van der Waals surface area (Å²) in [4.78, 5) is 24.0. The molecule has 0 aliphatic rings. The maximum absolute atomic E-state index is 12.1. The van der Waals surface area contributed by atoms with Crippen molar-refractivity contribution in [2.45, 2.75) is 20.8 Å². The number of nitrogens with zero attached hydrogens (tertiary/aromatic N) is 3. The highest BCUT2D eigenvalue weighted by atomic mass is 16.5. The molecule has 8 heteroatoms. The first-order chi connectivity index (χ1) is 13.4. The van der Waals surface area contributed by atoms with Crippen LogP contribution in [-0.2, 0) is 4.79 Å². The molecule has 1 aromatic heterocycles. The average molecular weight is 379 g/mol. The Morgan fingerprint density at radius 2 is 1.75 bits per heavy atom. The van der Waals surface area contributed by atoms with E-state index in [-0.39, 0.29) is 12.3 Å². The third-order valence-electron chi connectivity index (χ3n) is 4.19. The van der Waals surface area contributed by atoms with E-state index in [4.69, 9.17) is 4.74 Å². The summed E-state index contributed by atoms with van der Waals surface area (Å²) in [7, 11) is 0. The van der Waals surface area contributed by atoms with Gasteiger partial charge in [-0.25, -0.2) is 4.68 Å². The van der Waals surface area contributed by atoms with Crippen molar-refractivity contribution >= 4 is 11.8 Å². The van der Waals surface area contributed by atoms with Gasteiger partial charge in [0.1, 0.15) is 5.75 Å². The van der Waals surface area contributed by atoms with Crippen LogP contribution < -0.4 is 15.6 Å². The van der Waals surface area contributed by atoms with E-state index in [1.807, 2.05) is 57.2 Å². The number of rotatable bonds is 5. The topological polar surface area (TPSA) is 98.1 Å². The van der Waals surface area contributed by atoms with E-state index in [2.05, 4.69) is 21.2 Å². The number of aryl methyl sites for hydroxylation is 3. The predicted molar refractivity (Wildman–Crippen MR) is 103 cm³/mol. The maximum atomic E-state index is 12.1. The third kappa shape index (κ3) is 4.73. The zero-order valence-corrected chi connectivity index (χ0v) is 15.9. The van der Waals surface area contributed by atoms with Crippen LogP contribution in [0.5, 0.6) is 5.75 Å². The van der Waals surface area contributed by atoms with Gasteiger partial charge in [-0.3, -0.25) is 20.4 Å². The number of aromatic nitrogens is 3. The van der Waals surface area contributed by atoms with Gasteiger partial charge in [0, 0.05) is 0 Å². The fourth-order valence-corrected chi connectivity index (χ4v) is 2.37. The van der Waals surface area contributed by atoms with Gasteiger partial charge in [0.25, 0.3) is 11.8 Å². The smallest absolute Gasteiger partial charge is 0.291 e. The van der Waals surface area contributed by atoms with Crippen LogP contribution in [0.25, 0.3) is 5.69 Å². The van der Waals surface area contributed by atoms with E-state index in [0.717, 1.165) is 22.4 Å². The summed E-state index contributed by atoms with van der Waals surface area (Å²) in [5, 5.41) is 7.75. The summed E-state index contributed by atoms with van der Waals surface area (Å²) < 4.78 is 6.90. The van der Waals surface area contributed by atoms with Crippen LogP contribution in [0.3, 0.4) is 0 Å². The van der Waals surface area contributed by atoms with Crippen LogP contribution >= 0.6 is 0 Å². The van der Waals surface area contributed by atoms with Crippen molar-refractivity contribution in [2.24, 2.45) is 0 Å². The molecule has 2 amide bonds. The minimum Gasteiger partial charge on any atom is -0.484 e. The van der Waals surface area contributed by atoms with Crippen LogP contribution in [-0.4, -0.2) is 33.4 Å². The van der Waals surface area contributed by atoms with Gasteiger partial charge in [0.15, 0.2) is 12.3 Å². The third-order valence-corrected chi connectivity index (χ3v) is 4.19. The van der Waals surface area contributed by atoms with E-state index >= 15 is 0 Å². The minimum atomic E-state index is -0.571. The standard InChI is InChI=1S/C20H21N5O3/c1-13-4-7-16(8-5-13)25-11-18(21-24-25)20(27)23-22-19(26)12-28-17-9-6-14(2)15(3)10-17/h4-11H,12H2,1-3H3,(H,22,26)(H,23,27). The summed E-state index contributed by atoms with van der Waals surface area (Å²) in [5.41, 5.74) is 8.78. The quantitative estimate of drug-likeness (QED) is 0.661. The molecule has 0 radical (unpaired) electrons. The largest absolute Gasteiger partial charge is 0.484 e. The molecule has 3 rings (SSSR count). The zero-order chi connectivity index (χ0) is 20.1. The van der Waals surface area contributed by atoms with E-state index < -0.39 is 11.8 Å². The van der Waals surface area contributed by atoms with Gasteiger partial charge >= 0.3 is 0 Å². The van der Waals surface area contributed by atoms with Gasteiger partial charge < -0.3 is 4.74 Å². The summed E-state index contributed by atoms with van der Waals surface area (Å²) in [5.74, 6) is -0.471. The molecule has 0 saturated heterocycles. The van der Waals surface area contributed by atoms with Gasteiger partial charge in [-0.1, -0.05) is 29.0 Å². The summed E-state index contributed by atoms with van der Waals surface area (Å²) in [6.07, 6.45) is 1.48. The number of benzene rings is 2. The van der Waals surface area contributed by atoms with E-state index in [0.29, 0.717) is 5.75 Å². The molecule has 0 bridgehead atoms. The summed E-state index contributed by atoms with van der Waals surface area (Å²) in [6.45, 7) is 5.72. The van der Waals surface area contributed by atoms with E-state index in [1.165, 1.54) is 10.9 Å². The van der Waals surface area contributed by atoms with Gasteiger partial charge in [0.2, 0.25) is 0 Å². The van der Waals surface area contributed by atoms with Crippen molar-refractivity contribution in [1.82, 2.24) is 25.8 Å². The van der Waals surface area contributed by atoms with Gasteiger partial charge in [-0.15, -0.1) is 5.10 Å². The molecule has 144 valence electrons. The number of carbonyl (C=O) groups is 2. The highest BCUT2D eigenvalue weighted by Crippen LogP contribution is 2.16. The van der Waals surface area contributed by atoms with Crippen molar-refractivity contribution in [2.75, 3.05) is 6.61 Å². The number of hydrogen-bond donors (Lipinski definition) is 2. The molecular formula is C20H21N5O3. The minimum absolute atomic E-state index is 0.0796. The predicted octanol–water partition coefficient (Wildman–Crippen LogP) is 2.03. The lowest BCUT2D eigenvalue weighted by Crippen LogP contribution is -2.44. The van der Waals surface area contributed by atoms with Crippen LogP contribution in [0.4, 0.5) is 0 Å². The Hall–Kier alpha value is -3.68. The number of ether oxygens (including phenoxy) is 1. The van der Waals surface area contributed by atoms with E-state index in [1.54, 1.807) is 6.07 Å². The molecule has 0 atom stereocenters. The van der Waals surface area contributed by atoms with Crippen LogP contribution in [0.1, 0.15) is 27.2 Å². The number of nitrogens with one attached hydrogen (secondary N) is 2. The van der Waals surface area contributed by atoms with Crippen molar-refractivity contribution in [3.05, 3.63) is 71.0 Å². The number of hydrogen-bond acceptors (Lipinski definition) is 5. The Labute approximate surface area is 162 Å². The molecule has 2 N–H and O–H groups in total. The fourth-order valence-electron chi connectivity index (χ4n) is 2.37. The first-order valence-electron chi connectivity index (χ1n) is 8.71. The summed E-state index contributed by atoms with van der Waals surface area (Å²) in [6, 6.07) is 13.2. The number of hydrazine groups is 1. The van der Waals surface area contributed by atoms with Crippen molar-refractivity contribution in [3.8, 4) is 11.4 Å². The molecule has 0 aliphatic heterocycles. The Kier molecular flexibility index (Phi) is 5.69. The first kappa shape index (κ1) is 19.1. The van der Waals surface area contributed by atoms with Crippen molar-refractivity contribution in [1.29, 1.82) is 0 Å². The number of amides is 2. The Morgan fingerprint density at radius 3 is 2.46 bits per heavy atom. The highest BCUT2D eigenvalue weighted by Gasteiger charge is 2.13. The monoisotopic (exact) mass is 379 g/mol. The Morgan fingerprint density at radius 1 is 1.00 bits per heavy atom. The lowest BCUT2D eigenvalue weighted by molar-refractivity contribution is -0.123. The molecule has 0 aliphatic carbocycles. The van der Waals surface area contributed by atoms with Gasteiger partial charge in [0.05, 0.1) is 11.9 Å². The number of carbonyl (C=O) groups excluding carboxylic acids is 2. The molecule has 0 unspecified atom stereocenters. The summed E-state index contributed by atoms with van der Waals surface area (Å²) >= 11 is 0. The molecule has 0 saturated carbocycles. The van der Waals surface area contributed by atoms with Crippen molar-refractivity contribution < 1.29 is 14.3 Å². The lowest BCUT2D eigenvalue weighted by Gasteiger charge is -2.09. The lowest BCUT2D eigenvalue weighted by atomic mass is 10.1.